The molecule has 1 heterocycles. The van der Waals surface area contributed by atoms with Crippen LogP contribution in [0.25, 0.3) is 11.4 Å². The van der Waals surface area contributed by atoms with E-state index in [1.54, 1.807) is 18.2 Å². The van der Waals surface area contributed by atoms with Gasteiger partial charge in [0.25, 0.3) is 0 Å². The number of rotatable bonds is 5. The minimum absolute atomic E-state index is 0.0649. The monoisotopic (exact) mass is 449 g/mol. The molecule has 4 saturated carbocycles. The molecule has 1 aromatic carbocycles. The van der Waals surface area contributed by atoms with Crippen LogP contribution >= 0.6 is 35.0 Å². The van der Waals surface area contributed by atoms with Gasteiger partial charge in [0.2, 0.25) is 11.1 Å². The van der Waals surface area contributed by atoms with Gasteiger partial charge in [0.1, 0.15) is 0 Å². The first-order valence-electron chi connectivity index (χ1n) is 10.0. The molecule has 4 aliphatic carbocycles. The Labute approximate surface area is 182 Å². The van der Waals surface area contributed by atoms with Gasteiger partial charge in [-0.1, -0.05) is 35.0 Å². The second-order valence-electron chi connectivity index (χ2n) is 9.10. The molecule has 5 atom stereocenters. The Morgan fingerprint density at radius 3 is 2.86 bits per heavy atom. The molecule has 6 rings (SSSR count). The largest absolute Gasteiger partial charge is 0.349 e. The summed E-state index contributed by atoms with van der Waals surface area (Å²) in [4.78, 5) is 12.8. The minimum atomic E-state index is 0.0649. The first kappa shape index (κ1) is 18.3. The Kier molecular flexibility index (Phi) is 3.83. The number of nitrogens with one attached hydrogen (secondary N) is 1. The molecule has 1 amide bonds. The number of nitrogens with zero attached hydrogens (tertiary/aromatic N) is 3. The number of hydrogen-bond donors (Lipinski definition) is 2. The summed E-state index contributed by atoms with van der Waals surface area (Å²) in [5.74, 6) is 9.48. The molecule has 0 aliphatic heterocycles. The zero-order valence-corrected chi connectivity index (χ0v) is 18.0. The summed E-state index contributed by atoms with van der Waals surface area (Å²) in [5, 5.41) is 13.2. The summed E-state index contributed by atoms with van der Waals surface area (Å²) in [6.07, 6.45) is 6.44. The smallest absolute Gasteiger partial charge is 0.230 e. The van der Waals surface area contributed by atoms with Crippen LogP contribution < -0.4 is 11.2 Å². The number of halogens is 2. The van der Waals surface area contributed by atoms with E-state index in [2.05, 4.69) is 15.5 Å². The van der Waals surface area contributed by atoms with E-state index in [9.17, 15) is 4.79 Å². The van der Waals surface area contributed by atoms with Crippen molar-refractivity contribution in [2.24, 2.45) is 23.2 Å². The third-order valence-electron chi connectivity index (χ3n) is 7.94. The first-order chi connectivity index (χ1) is 13.9. The number of thioether (sulfide) groups is 1. The zero-order chi connectivity index (χ0) is 20.0. The van der Waals surface area contributed by atoms with Gasteiger partial charge in [0, 0.05) is 16.1 Å². The van der Waals surface area contributed by atoms with E-state index >= 15 is 0 Å². The lowest BCUT2D eigenvalue weighted by Gasteiger charge is -2.72. The van der Waals surface area contributed by atoms with Gasteiger partial charge in [-0.3, -0.25) is 4.79 Å². The molecule has 1 spiro atoms. The molecule has 0 saturated heterocycles. The van der Waals surface area contributed by atoms with Crippen molar-refractivity contribution in [3.05, 3.63) is 28.2 Å². The molecule has 4 fully saturated rings. The summed E-state index contributed by atoms with van der Waals surface area (Å²) in [6.45, 7) is 0. The molecule has 2 bridgehead atoms. The fraction of sp³-hybridized carbons (Fsp3) is 0.550. The van der Waals surface area contributed by atoms with Crippen LogP contribution in [0.15, 0.2) is 23.4 Å². The number of fused-ring (bicyclic) bond motifs is 1. The van der Waals surface area contributed by atoms with E-state index in [0.29, 0.717) is 32.0 Å². The Morgan fingerprint density at radius 1 is 1.24 bits per heavy atom. The second kappa shape index (κ2) is 6.05. The van der Waals surface area contributed by atoms with Gasteiger partial charge in [0.15, 0.2) is 5.82 Å². The normalized spacial score (nSPS) is 35.7. The van der Waals surface area contributed by atoms with E-state index in [4.69, 9.17) is 29.0 Å². The van der Waals surface area contributed by atoms with Gasteiger partial charge in [-0.25, -0.2) is 4.68 Å². The number of carbonyl (C=O) groups excluding carboxylic acids is 1. The Hall–Kier alpha value is -1.44. The van der Waals surface area contributed by atoms with Crippen LogP contribution in [0.4, 0.5) is 0 Å². The highest BCUT2D eigenvalue weighted by atomic mass is 35.5. The Morgan fingerprint density at radius 2 is 2.10 bits per heavy atom. The highest BCUT2D eigenvalue weighted by molar-refractivity contribution is 7.99. The minimum Gasteiger partial charge on any atom is -0.349 e. The average Bonchev–Trinajstić information content (AvgIpc) is 3.27. The number of nitrogen functional groups attached to an aromatic ring is 1. The third-order valence-corrected chi connectivity index (χ3v) is 9.43. The van der Waals surface area contributed by atoms with Gasteiger partial charge in [-0.15, -0.1) is 10.2 Å². The summed E-state index contributed by atoms with van der Waals surface area (Å²) in [7, 11) is 0. The molecule has 5 unspecified atom stereocenters. The summed E-state index contributed by atoms with van der Waals surface area (Å²) in [5.41, 5.74) is 1.16. The van der Waals surface area contributed by atoms with E-state index in [1.165, 1.54) is 48.5 Å². The van der Waals surface area contributed by atoms with Gasteiger partial charge < -0.3 is 11.2 Å². The van der Waals surface area contributed by atoms with Crippen molar-refractivity contribution in [2.45, 2.75) is 42.8 Å². The molecule has 0 radical (unpaired) electrons. The maximum Gasteiger partial charge on any atom is 0.230 e. The lowest BCUT2D eigenvalue weighted by atomic mass is 9.35. The third kappa shape index (κ3) is 2.35. The van der Waals surface area contributed by atoms with Crippen molar-refractivity contribution in [3.8, 4) is 11.4 Å². The zero-order valence-electron chi connectivity index (χ0n) is 15.7. The average molecular weight is 450 g/mol. The number of amides is 1. The van der Waals surface area contributed by atoms with Crippen molar-refractivity contribution in [3.63, 3.8) is 0 Å². The Bertz CT molecular complexity index is 1040. The van der Waals surface area contributed by atoms with Crippen molar-refractivity contribution < 1.29 is 4.79 Å². The summed E-state index contributed by atoms with van der Waals surface area (Å²) in [6, 6.07) is 5.13. The van der Waals surface area contributed by atoms with E-state index in [0.717, 1.165) is 17.8 Å². The Balaban J connectivity index is 1.14. The molecule has 2 aromatic rings. The van der Waals surface area contributed by atoms with Crippen LogP contribution in [0, 0.1) is 23.2 Å². The molecular weight excluding hydrogens is 429 g/mol. The van der Waals surface area contributed by atoms with Crippen LogP contribution in [0.1, 0.15) is 32.1 Å². The molecule has 29 heavy (non-hydrogen) atoms. The van der Waals surface area contributed by atoms with Crippen LogP contribution in [0.5, 0.6) is 0 Å². The van der Waals surface area contributed by atoms with Gasteiger partial charge in [-0.2, -0.15) is 0 Å². The number of carbonyl (C=O) groups is 1. The van der Waals surface area contributed by atoms with Gasteiger partial charge in [0.05, 0.1) is 10.8 Å². The molecule has 3 N–H and O–H groups in total. The highest BCUT2D eigenvalue weighted by Crippen LogP contribution is 2.82. The van der Waals surface area contributed by atoms with Crippen LogP contribution in [0.2, 0.25) is 10.0 Å². The number of hydrogen-bond acceptors (Lipinski definition) is 5. The van der Waals surface area contributed by atoms with Crippen molar-refractivity contribution >= 4 is 40.9 Å². The van der Waals surface area contributed by atoms with E-state index in [-0.39, 0.29) is 17.2 Å². The standard InChI is InChI=1S/C20H21Cl2N5OS/c21-13-1-2-14(15(22)5-13)17-25-26-18(27(17)23)29-9-16(28)24-19-6-10-3-11-4-12(8-19)20(11,19)7-10/h1-2,5,10-12H,3-4,6-9,23H2,(H,24,28). The first-order valence-corrected chi connectivity index (χ1v) is 11.8. The molecule has 152 valence electrons. The predicted octanol–water partition coefficient (Wildman–Crippen LogP) is 3.75. The lowest BCUT2D eigenvalue weighted by Crippen LogP contribution is -2.77. The van der Waals surface area contributed by atoms with Crippen molar-refractivity contribution in [1.29, 1.82) is 0 Å². The van der Waals surface area contributed by atoms with Gasteiger partial charge >= 0.3 is 0 Å². The van der Waals surface area contributed by atoms with Gasteiger partial charge in [-0.05, 0) is 73.5 Å². The van der Waals surface area contributed by atoms with Crippen LogP contribution in [-0.2, 0) is 4.79 Å². The number of benzene rings is 1. The lowest BCUT2D eigenvalue weighted by molar-refractivity contribution is -0.206. The predicted molar refractivity (Wildman–Crippen MR) is 113 cm³/mol. The molecule has 6 nitrogen and oxygen atoms in total. The summed E-state index contributed by atoms with van der Waals surface area (Å²) >= 11 is 13.5. The van der Waals surface area contributed by atoms with Crippen molar-refractivity contribution in [2.75, 3.05) is 11.6 Å². The molecule has 9 heteroatoms. The molecular formula is C20H21Cl2N5OS. The van der Waals surface area contributed by atoms with Crippen molar-refractivity contribution in [1.82, 2.24) is 20.2 Å². The fourth-order valence-electron chi connectivity index (χ4n) is 7.07. The summed E-state index contributed by atoms with van der Waals surface area (Å²) < 4.78 is 1.38. The topological polar surface area (TPSA) is 85.8 Å². The quantitative estimate of drug-likeness (QED) is 0.535. The SMILES string of the molecule is Nn1c(SCC(=O)NC23CC4CC5CC(C2)C53C4)nnc1-c1ccc(Cl)cc1Cl. The second-order valence-corrected chi connectivity index (χ2v) is 10.9. The highest BCUT2D eigenvalue weighted by Gasteiger charge is 2.80. The maximum atomic E-state index is 12.8. The maximum absolute atomic E-state index is 12.8. The number of aromatic nitrogens is 3. The number of nitrogens with two attached hydrogens (primary N) is 1. The van der Waals surface area contributed by atoms with E-state index in [1.807, 2.05) is 0 Å². The molecule has 1 aromatic heterocycles. The van der Waals surface area contributed by atoms with Crippen LogP contribution in [-0.4, -0.2) is 32.1 Å². The van der Waals surface area contributed by atoms with E-state index < -0.39 is 0 Å². The molecule has 4 aliphatic rings. The van der Waals surface area contributed by atoms with Crippen LogP contribution in [0.3, 0.4) is 0 Å². The fourth-order valence-corrected chi connectivity index (χ4v) is 8.21.